The highest BCUT2D eigenvalue weighted by molar-refractivity contribution is 6.33. The van der Waals surface area contributed by atoms with Gasteiger partial charge in [0, 0.05) is 11.1 Å². The van der Waals surface area contributed by atoms with Crippen LogP contribution in [0.15, 0.2) is 47.0 Å². The average Bonchev–Trinajstić information content (AvgIpc) is 2.97. The molecule has 3 aromatic rings. The van der Waals surface area contributed by atoms with Crippen LogP contribution >= 0.6 is 11.6 Å². The third-order valence-electron chi connectivity index (χ3n) is 2.94. The first-order valence-corrected chi connectivity index (χ1v) is 6.49. The molecule has 1 heterocycles. The van der Waals surface area contributed by atoms with E-state index in [4.69, 9.17) is 20.9 Å². The summed E-state index contributed by atoms with van der Waals surface area (Å²) in [5, 5.41) is 4.39. The van der Waals surface area contributed by atoms with Gasteiger partial charge in [-0.05, 0) is 30.3 Å². The minimum absolute atomic E-state index is 0.157. The fourth-order valence-electron chi connectivity index (χ4n) is 1.89. The van der Waals surface area contributed by atoms with Crippen LogP contribution in [-0.4, -0.2) is 17.3 Å². The maximum absolute atomic E-state index is 13.7. The summed E-state index contributed by atoms with van der Waals surface area (Å²) in [4.78, 5) is 4.24. The van der Waals surface area contributed by atoms with E-state index in [9.17, 15) is 4.39 Å². The minimum Gasteiger partial charge on any atom is -0.494 e. The zero-order chi connectivity index (χ0) is 14.8. The van der Waals surface area contributed by atoms with E-state index >= 15 is 0 Å². The van der Waals surface area contributed by atoms with Gasteiger partial charge in [-0.1, -0.05) is 28.9 Å². The van der Waals surface area contributed by atoms with Crippen LogP contribution in [0.25, 0.3) is 22.8 Å². The first-order valence-electron chi connectivity index (χ1n) is 6.11. The Hall–Kier alpha value is -2.40. The van der Waals surface area contributed by atoms with Crippen LogP contribution in [0, 0.1) is 5.82 Å². The molecule has 0 amide bonds. The molecule has 21 heavy (non-hydrogen) atoms. The van der Waals surface area contributed by atoms with Gasteiger partial charge in [-0.25, -0.2) is 4.39 Å². The van der Waals surface area contributed by atoms with E-state index in [1.807, 2.05) is 12.1 Å². The van der Waals surface area contributed by atoms with Crippen LogP contribution in [0.2, 0.25) is 5.02 Å². The topological polar surface area (TPSA) is 48.2 Å². The van der Waals surface area contributed by atoms with E-state index < -0.39 is 5.82 Å². The predicted octanol–water partition coefficient (Wildman–Crippen LogP) is 4.20. The molecule has 3 rings (SSSR count). The van der Waals surface area contributed by atoms with Crippen LogP contribution in [0.3, 0.4) is 0 Å². The van der Waals surface area contributed by atoms with Crippen molar-refractivity contribution in [1.29, 1.82) is 0 Å². The van der Waals surface area contributed by atoms with Gasteiger partial charge in [-0.3, -0.25) is 0 Å². The molecule has 0 radical (unpaired) electrons. The second kappa shape index (κ2) is 5.54. The second-order valence-corrected chi connectivity index (χ2v) is 4.66. The fourth-order valence-corrected chi connectivity index (χ4v) is 2.11. The normalized spacial score (nSPS) is 10.6. The number of hydrogen-bond donors (Lipinski definition) is 0. The molecule has 2 aromatic carbocycles. The number of halogens is 2. The number of ether oxygens (including phenoxy) is 1. The first-order chi connectivity index (χ1) is 10.2. The Morgan fingerprint density at radius 3 is 2.71 bits per heavy atom. The highest BCUT2D eigenvalue weighted by atomic mass is 35.5. The number of benzene rings is 2. The van der Waals surface area contributed by atoms with Gasteiger partial charge >= 0.3 is 0 Å². The number of hydrogen-bond acceptors (Lipinski definition) is 4. The van der Waals surface area contributed by atoms with E-state index in [1.54, 1.807) is 18.2 Å². The van der Waals surface area contributed by atoms with Crippen molar-refractivity contribution in [3.05, 3.63) is 53.3 Å². The molecule has 0 saturated carbocycles. The van der Waals surface area contributed by atoms with Crippen molar-refractivity contribution in [2.45, 2.75) is 0 Å². The van der Waals surface area contributed by atoms with Crippen LogP contribution in [0.1, 0.15) is 0 Å². The van der Waals surface area contributed by atoms with Gasteiger partial charge in [0.25, 0.3) is 5.89 Å². The number of nitrogens with zero attached hydrogens (tertiary/aromatic N) is 2. The van der Waals surface area contributed by atoms with E-state index in [-0.39, 0.29) is 11.6 Å². The van der Waals surface area contributed by atoms with Crippen molar-refractivity contribution in [3.63, 3.8) is 0 Å². The standard InChI is InChI=1S/C15H10ClFN2O2/c1-20-13-7-6-9(8-12(13)17)15-18-14(19-21-15)10-4-2-3-5-11(10)16/h2-8H,1H3. The Labute approximate surface area is 125 Å². The molecule has 0 spiro atoms. The molecular weight excluding hydrogens is 295 g/mol. The van der Waals surface area contributed by atoms with Gasteiger partial charge < -0.3 is 9.26 Å². The van der Waals surface area contributed by atoms with Gasteiger partial charge in [-0.15, -0.1) is 0 Å². The van der Waals surface area contributed by atoms with Crippen molar-refractivity contribution in [2.75, 3.05) is 7.11 Å². The summed E-state index contributed by atoms with van der Waals surface area (Å²) in [7, 11) is 1.40. The average molecular weight is 305 g/mol. The minimum atomic E-state index is -0.493. The molecule has 0 N–H and O–H groups in total. The van der Waals surface area contributed by atoms with Crippen molar-refractivity contribution in [3.8, 4) is 28.6 Å². The number of aromatic nitrogens is 2. The molecule has 0 saturated heterocycles. The molecule has 0 bridgehead atoms. The third-order valence-corrected chi connectivity index (χ3v) is 3.27. The van der Waals surface area contributed by atoms with Crippen LogP contribution in [0.4, 0.5) is 4.39 Å². The molecule has 1 aromatic heterocycles. The molecule has 0 aliphatic heterocycles. The van der Waals surface area contributed by atoms with Gasteiger partial charge in [0.2, 0.25) is 5.82 Å². The van der Waals surface area contributed by atoms with Crippen LogP contribution in [-0.2, 0) is 0 Å². The second-order valence-electron chi connectivity index (χ2n) is 4.25. The zero-order valence-electron chi connectivity index (χ0n) is 11.0. The molecular formula is C15H10ClFN2O2. The van der Waals surface area contributed by atoms with Crippen molar-refractivity contribution in [1.82, 2.24) is 10.1 Å². The lowest BCUT2D eigenvalue weighted by Gasteiger charge is -2.01. The summed E-state index contributed by atoms with van der Waals surface area (Å²) in [6.45, 7) is 0. The Bertz CT molecular complexity index is 789. The monoisotopic (exact) mass is 304 g/mol. The smallest absolute Gasteiger partial charge is 0.258 e. The maximum Gasteiger partial charge on any atom is 0.258 e. The SMILES string of the molecule is COc1ccc(-c2nc(-c3ccccc3Cl)no2)cc1F. The van der Waals surface area contributed by atoms with E-state index in [0.29, 0.717) is 22.0 Å². The van der Waals surface area contributed by atoms with E-state index in [2.05, 4.69) is 10.1 Å². The van der Waals surface area contributed by atoms with Crippen molar-refractivity contribution < 1.29 is 13.7 Å². The molecule has 0 fully saturated rings. The van der Waals surface area contributed by atoms with Gasteiger partial charge in [0.1, 0.15) is 0 Å². The highest BCUT2D eigenvalue weighted by Gasteiger charge is 2.14. The summed E-state index contributed by atoms with van der Waals surface area (Å²) in [6, 6.07) is 11.6. The van der Waals surface area contributed by atoms with Gasteiger partial charge in [-0.2, -0.15) is 4.98 Å². The summed E-state index contributed by atoms with van der Waals surface area (Å²) in [5.74, 6) is 0.232. The zero-order valence-corrected chi connectivity index (χ0v) is 11.8. The van der Waals surface area contributed by atoms with Gasteiger partial charge in [0.05, 0.1) is 12.1 Å². The Morgan fingerprint density at radius 2 is 2.00 bits per heavy atom. The van der Waals surface area contributed by atoms with E-state index in [1.165, 1.54) is 19.2 Å². The number of rotatable bonds is 3. The third kappa shape index (κ3) is 2.60. The quantitative estimate of drug-likeness (QED) is 0.727. The van der Waals surface area contributed by atoms with Crippen LogP contribution < -0.4 is 4.74 Å². The molecule has 6 heteroatoms. The Balaban J connectivity index is 1.99. The number of methoxy groups -OCH3 is 1. The largest absolute Gasteiger partial charge is 0.494 e. The molecule has 0 aliphatic carbocycles. The highest BCUT2D eigenvalue weighted by Crippen LogP contribution is 2.29. The first kappa shape index (κ1) is 13.6. The van der Waals surface area contributed by atoms with Gasteiger partial charge in [0.15, 0.2) is 11.6 Å². The lowest BCUT2D eigenvalue weighted by Crippen LogP contribution is -1.88. The predicted molar refractivity (Wildman–Crippen MR) is 76.7 cm³/mol. The summed E-state index contributed by atoms with van der Waals surface area (Å²) < 4.78 is 23.7. The maximum atomic E-state index is 13.7. The summed E-state index contributed by atoms with van der Waals surface area (Å²) in [5.41, 5.74) is 1.13. The van der Waals surface area contributed by atoms with Crippen LogP contribution in [0.5, 0.6) is 5.75 Å². The molecule has 0 atom stereocenters. The molecule has 0 aliphatic rings. The molecule has 0 unspecified atom stereocenters. The molecule has 4 nitrogen and oxygen atoms in total. The van der Waals surface area contributed by atoms with Crippen molar-refractivity contribution in [2.24, 2.45) is 0 Å². The van der Waals surface area contributed by atoms with Crippen molar-refractivity contribution >= 4 is 11.6 Å². The Morgan fingerprint density at radius 1 is 1.19 bits per heavy atom. The Kier molecular flexibility index (Phi) is 3.58. The lowest BCUT2D eigenvalue weighted by atomic mass is 10.2. The van der Waals surface area contributed by atoms with E-state index in [0.717, 1.165) is 0 Å². The lowest BCUT2D eigenvalue weighted by molar-refractivity contribution is 0.386. The summed E-state index contributed by atoms with van der Waals surface area (Å²) in [6.07, 6.45) is 0. The summed E-state index contributed by atoms with van der Waals surface area (Å²) >= 11 is 6.08. The fraction of sp³-hybridized carbons (Fsp3) is 0.0667. The molecule has 106 valence electrons.